The summed E-state index contributed by atoms with van der Waals surface area (Å²) in [6, 6.07) is 1.83. The van der Waals surface area contributed by atoms with Crippen molar-refractivity contribution in [3.8, 4) is 0 Å². The van der Waals surface area contributed by atoms with Crippen molar-refractivity contribution in [1.82, 2.24) is 15.7 Å². The minimum Gasteiger partial charge on any atom is -0.444 e. The zero-order valence-electron chi connectivity index (χ0n) is 21.5. The maximum absolute atomic E-state index is 15.1. The molecule has 2 heterocycles. The van der Waals surface area contributed by atoms with Gasteiger partial charge in [-0.1, -0.05) is 7.43 Å². The number of halogens is 4. The van der Waals surface area contributed by atoms with Crippen molar-refractivity contribution in [2.75, 3.05) is 55.7 Å². The van der Waals surface area contributed by atoms with E-state index in [1.165, 1.54) is 4.90 Å². The van der Waals surface area contributed by atoms with Crippen molar-refractivity contribution < 1.29 is 51.1 Å². The monoisotopic (exact) mass is 579 g/mol. The Kier molecular flexibility index (Phi) is 10.9. The second kappa shape index (κ2) is 13.5. The number of rotatable bonds is 7. The number of carbonyl (C=O) groups excluding carboxylic acids is 4. The molecular weight excluding hydrogens is 546 g/mol. The van der Waals surface area contributed by atoms with Crippen molar-refractivity contribution in [3.63, 3.8) is 0 Å². The molecule has 0 aromatic heterocycles. The van der Waals surface area contributed by atoms with E-state index in [4.69, 9.17) is 14.3 Å². The molecule has 0 bridgehead atoms. The summed E-state index contributed by atoms with van der Waals surface area (Å²) in [5, 5.41) is 5.21. The third kappa shape index (κ3) is 8.59. The molecule has 12 nitrogen and oxygen atoms in total. The van der Waals surface area contributed by atoms with E-state index in [1.54, 1.807) is 20.8 Å². The number of amides is 4. The van der Waals surface area contributed by atoms with Gasteiger partial charge in [0.2, 0.25) is 0 Å². The molecule has 1 atom stereocenters. The number of ether oxygens (including phenoxy) is 2. The fourth-order valence-electron chi connectivity index (χ4n) is 3.76. The molecule has 40 heavy (non-hydrogen) atoms. The van der Waals surface area contributed by atoms with Gasteiger partial charge in [-0.3, -0.25) is 19.3 Å². The molecule has 4 amide bonds. The van der Waals surface area contributed by atoms with Crippen LogP contribution in [-0.2, 0) is 23.9 Å². The number of carbonyl (C=O) groups is 4. The van der Waals surface area contributed by atoms with Crippen LogP contribution in [0.5, 0.6) is 0 Å². The smallest absolute Gasteiger partial charge is 0.414 e. The molecule has 224 valence electrons. The van der Waals surface area contributed by atoms with Gasteiger partial charge in [-0.15, -0.1) is 0 Å². The van der Waals surface area contributed by atoms with Crippen molar-refractivity contribution >= 4 is 35.4 Å². The van der Waals surface area contributed by atoms with E-state index in [0.717, 1.165) is 22.1 Å². The zero-order chi connectivity index (χ0) is 28.9. The molecule has 0 radical (unpaired) electrons. The minimum absolute atomic E-state index is 0. The number of hydrogen-bond donors (Lipinski definition) is 2. The highest BCUT2D eigenvalue weighted by Crippen LogP contribution is 2.31. The molecule has 0 saturated carbocycles. The molecule has 2 aliphatic heterocycles. The molecule has 2 aliphatic rings. The number of nitrogens with one attached hydrogen (secondary N) is 2. The third-order valence-electron chi connectivity index (χ3n) is 5.45. The SMILES string of the molecule is C.CC(C)(C)OC(=O)NCC(=O)N1CCN(c2c(F)cc(N3C[C@H](CNC(=O)C(F)F)OC3=O)cc2F)CCO1. The second-order valence-electron chi connectivity index (χ2n) is 9.59. The molecular formula is C24H33F4N5O7. The van der Waals surface area contributed by atoms with Gasteiger partial charge in [-0.25, -0.2) is 23.4 Å². The summed E-state index contributed by atoms with van der Waals surface area (Å²) in [5.41, 5.74) is -1.32. The first-order valence-electron chi connectivity index (χ1n) is 11.9. The van der Waals surface area contributed by atoms with Crippen LogP contribution >= 0.6 is 0 Å². The Balaban J connectivity index is 0.00000560. The number of alkyl carbamates (subject to hydrolysis) is 1. The van der Waals surface area contributed by atoms with E-state index in [9.17, 15) is 28.0 Å². The topological polar surface area (TPSA) is 130 Å². The first kappa shape index (κ1) is 32.4. The van der Waals surface area contributed by atoms with Gasteiger partial charge >= 0.3 is 18.6 Å². The fraction of sp³-hybridized carbons (Fsp3) is 0.583. The van der Waals surface area contributed by atoms with Crippen molar-refractivity contribution in [2.45, 2.75) is 46.3 Å². The van der Waals surface area contributed by atoms with E-state index in [0.29, 0.717) is 0 Å². The van der Waals surface area contributed by atoms with Crippen molar-refractivity contribution in [3.05, 3.63) is 23.8 Å². The Hall–Kier alpha value is -3.82. The Labute approximate surface area is 228 Å². The lowest BCUT2D eigenvalue weighted by atomic mass is 10.2. The average molecular weight is 580 g/mol. The van der Waals surface area contributed by atoms with E-state index < -0.39 is 72.5 Å². The standard InChI is InChI=1S/C23H29F4N5O7.CH4/c1-23(2,3)39-21(35)29-11-17(33)32-5-4-30(6-7-37-32)18-15(24)8-13(9-16(18)25)31-12-14(38-22(31)36)10-28-20(34)19(26)27;/h8-9,14,19H,4-7,10-12H2,1-3H3,(H,28,34)(H,29,35);1H4/t14-;/m0./s1. The second-order valence-corrected chi connectivity index (χ2v) is 9.59. The quantitative estimate of drug-likeness (QED) is 0.472. The molecule has 2 saturated heterocycles. The van der Waals surface area contributed by atoms with E-state index in [2.05, 4.69) is 5.32 Å². The summed E-state index contributed by atoms with van der Waals surface area (Å²) in [5.74, 6) is -4.13. The highest BCUT2D eigenvalue weighted by Gasteiger charge is 2.34. The van der Waals surface area contributed by atoms with Crippen LogP contribution in [0.2, 0.25) is 0 Å². The summed E-state index contributed by atoms with van der Waals surface area (Å²) >= 11 is 0. The van der Waals surface area contributed by atoms with Gasteiger partial charge in [-0.05, 0) is 20.8 Å². The summed E-state index contributed by atoms with van der Waals surface area (Å²) in [4.78, 5) is 55.0. The lowest BCUT2D eigenvalue weighted by molar-refractivity contribution is -0.180. The zero-order valence-corrected chi connectivity index (χ0v) is 21.5. The molecule has 16 heteroatoms. The Morgan fingerprint density at radius 3 is 2.35 bits per heavy atom. The number of hydrogen-bond acceptors (Lipinski definition) is 8. The van der Waals surface area contributed by atoms with Crippen LogP contribution in [0.1, 0.15) is 28.2 Å². The normalized spacial score (nSPS) is 17.6. The summed E-state index contributed by atoms with van der Waals surface area (Å²) in [7, 11) is 0. The van der Waals surface area contributed by atoms with Crippen LogP contribution in [0.15, 0.2) is 12.1 Å². The van der Waals surface area contributed by atoms with E-state index >= 15 is 8.78 Å². The van der Waals surface area contributed by atoms with Crippen LogP contribution in [0.3, 0.4) is 0 Å². The van der Waals surface area contributed by atoms with Gasteiger partial charge in [-0.2, -0.15) is 8.78 Å². The van der Waals surface area contributed by atoms with Gasteiger partial charge in [0.1, 0.15) is 23.9 Å². The van der Waals surface area contributed by atoms with E-state index in [-0.39, 0.29) is 45.9 Å². The number of nitrogens with zero attached hydrogens (tertiary/aromatic N) is 3. The largest absolute Gasteiger partial charge is 0.444 e. The predicted octanol–water partition coefficient (Wildman–Crippen LogP) is 2.41. The first-order valence-corrected chi connectivity index (χ1v) is 11.9. The summed E-state index contributed by atoms with van der Waals surface area (Å²) < 4.78 is 64.8. The van der Waals surface area contributed by atoms with E-state index in [1.807, 2.05) is 5.32 Å². The van der Waals surface area contributed by atoms with Crippen LogP contribution < -0.4 is 20.4 Å². The number of benzene rings is 1. The Morgan fingerprint density at radius 2 is 1.75 bits per heavy atom. The van der Waals surface area contributed by atoms with Gasteiger partial charge in [0, 0.05) is 25.2 Å². The molecule has 0 spiro atoms. The van der Waals surface area contributed by atoms with Gasteiger partial charge < -0.3 is 25.0 Å². The molecule has 0 aliphatic carbocycles. The molecule has 3 rings (SSSR count). The maximum atomic E-state index is 15.1. The van der Waals surface area contributed by atoms with Crippen LogP contribution in [0, 0.1) is 11.6 Å². The summed E-state index contributed by atoms with van der Waals surface area (Å²) in [6.07, 6.45) is -5.99. The van der Waals surface area contributed by atoms with Crippen molar-refractivity contribution in [1.29, 1.82) is 0 Å². The van der Waals surface area contributed by atoms with Gasteiger partial charge in [0.15, 0.2) is 11.6 Å². The van der Waals surface area contributed by atoms with Gasteiger partial charge in [0.05, 0.1) is 31.9 Å². The average Bonchev–Trinajstić information content (AvgIpc) is 3.04. The van der Waals surface area contributed by atoms with Crippen molar-refractivity contribution in [2.24, 2.45) is 0 Å². The maximum Gasteiger partial charge on any atom is 0.414 e. The Morgan fingerprint density at radius 1 is 1.10 bits per heavy atom. The molecule has 2 fully saturated rings. The number of cyclic esters (lactones) is 1. The van der Waals surface area contributed by atoms with Gasteiger partial charge in [0.25, 0.3) is 11.8 Å². The molecule has 1 aromatic carbocycles. The highest BCUT2D eigenvalue weighted by molar-refractivity contribution is 5.90. The van der Waals surface area contributed by atoms with Crippen LogP contribution in [0.4, 0.5) is 38.5 Å². The predicted molar refractivity (Wildman–Crippen MR) is 134 cm³/mol. The molecule has 2 N–H and O–H groups in total. The van der Waals surface area contributed by atoms with Crippen LogP contribution in [-0.4, -0.2) is 93.1 Å². The highest BCUT2D eigenvalue weighted by atomic mass is 19.3. The Bertz CT molecular complexity index is 1080. The molecule has 1 aromatic rings. The fourth-order valence-corrected chi connectivity index (χ4v) is 3.76. The number of anilines is 2. The van der Waals surface area contributed by atoms with Crippen LogP contribution in [0.25, 0.3) is 0 Å². The first-order chi connectivity index (χ1) is 18.2. The minimum atomic E-state index is -3.24. The third-order valence-corrected chi connectivity index (χ3v) is 5.45. The summed E-state index contributed by atoms with van der Waals surface area (Å²) in [6.45, 7) is 3.81. The lowest BCUT2D eigenvalue weighted by Crippen LogP contribution is -2.43. The lowest BCUT2D eigenvalue weighted by Gasteiger charge is -2.24. The number of hydroxylamine groups is 2. The number of alkyl halides is 2. The molecule has 0 unspecified atom stereocenters.